The molecular weight excluding hydrogens is 336 g/mol. The van der Waals surface area contributed by atoms with E-state index in [0.717, 1.165) is 4.47 Å². The molecule has 2 N–H and O–H groups in total. The molecule has 2 nitrogen and oxygen atoms in total. The smallest absolute Gasteiger partial charge is 0.0486 e. The lowest BCUT2D eigenvalue weighted by molar-refractivity contribution is 1.40. The third kappa shape index (κ3) is 2.69. The number of nitrogens with one attached hydrogen (secondary N) is 2. The standard InChI is InChI=1S/C10H11N.C9H8BrN/c1-7-4-3-5-9-8(2)6-11-10(7)9;1-6-5-11-8-4-2-3-7(10)9(6)8/h3-6,11H,1-2H3;2-5,11H,1H3. The first-order valence-corrected chi connectivity index (χ1v) is 8.12. The van der Waals surface area contributed by atoms with Gasteiger partial charge in [0.1, 0.15) is 0 Å². The minimum Gasteiger partial charge on any atom is -0.361 e. The molecule has 3 heteroatoms. The van der Waals surface area contributed by atoms with Crippen molar-refractivity contribution in [1.82, 2.24) is 9.97 Å². The lowest BCUT2D eigenvalue weighted by Gasteiger charge is -1.94. The summed E-state index contributed by atoms with van der Waals surface area (Å²) in [7, 11) is 0. The Morgan fingerprint density at radius 2 is 1.50 bits per heavy atom. The van der Waals surface area contributed by atoms with Gasteiger partial charge >= 0.3 is 0 Å². The molecule has 0 aliphatic heterocycles. The van der Waals surface area contributed by atoms with Crippen molar-refractivity contribution in [2.75, 3.05) is 0 Å². The first-order valence-electron chi connectivity index (χ1n) is 7.33. The zero-order valence-electron chi connectivity index (χ0n) is 13.0. The summed E-state index contributed by atoms with van der Waals surface area (Å²) in [6, 6.07) is 12.5. The highest BCUT2D eigenvalue weighted by atomic mass is 79.9. The number of benzene rings is 2. The number of aromatic nitrogens is 2. The SMILES string of the molecule is Cc1c[nH]c2c(C)cccc12.Cc1c[nH]c2cccc(Br)c12. The molecule has 2 heterocycles. The average Bonchev–Trinajstić information content (AvgIpc) is 3.06. The van der Waals surface area contributed by atoms with E-state index in [9.17, 15) is 0 Å². The lowest BCUT2D eigenvalue weighted by atomic mass is 10.1. The Morgan fingerprint density at radius 3 is 2.23 bits per heavy atom. The van der Waals surface area contributed by atoms with Crippen LogP contribution in [0.4, 0.5) is 0 Å². The second kappa shape index (κ2) is 6.01. The summed E-state index contributed by atoms with van der Waals surface area (Å²) >= 11 is 3.51. The highest BCUT2D eigenvalue weighted by Crippen LogP contribution is 2.25. The third-order valence-electron chi connectivity index (χ3n) is 3.98. The van der Waals surface area contributed by atoms with Gasteiger partial charge in [-0.15, -0.1) is 0 Å². The zero-order chi connectivity index (χ0) is 15.7. The number of aromatic amines is 2. The lowest BCUT2D eigenvalue weighted by Crippen LogP contribution is -1.74. The maximum atomic E-state index is 3.51. The van der Waals surface area contributed by atoms with Crippen LogP contribution in [0.3, 0.4) is 0 Å². The molecule has 112 valence electrons. The van der Waals surface area contributed by atoms with Crippen LogP contribution in [0.15, 0.2) is 53.3 Å². The van der Waals surface area contributed by atoms with Gasteiger partial charge in [-0.25, -0.2) is 0 Å². The second-order valence-electron chi connectivity index (χ2n) is 5.60. The van der Waals surface area contributed by atoms with Crippen molar-refractivity contribution in [3.8, 4) is 0 Å². The van der Waals surface area contributed by atoms with Gasteiger partial charge in [0, 0.05) is 38.7 Å². The molecule has 4 rings (SSSR count). The van der Waals surface area contributed by atoms with Crippen molar-refractivity contribution in [3.05, 3.63) is 70.0 Å². The molecule has 0 saturated carbocycles. The van der Waals surface area contributed by atoms with E-state index in [4.69, 9.17) is 0 Å². The zero-order valence-corrected chi connectivity index (χ0v) is 14.6. The van der Waals surface area contributed by atoms with Gasteiger partial charge in [0.05, 0.1) is 0 Å². The van der Waals surface area contributed by atoms with Crippen molar-refractivity contribution >= 4 is 37.7 Å². The van der Waals surface area contributed by atoms with Gasteiger partial charge in [-0.3, -0.25) is 0 Å². The van der Waals surface area contributed by atoms with Gasteiger partial charge in [-0.1, -0.05) is 40.2 Å². The van der Waals surface area contributed by atoms with E-state index in [1.807, 2.05) is 12.3 Å². The van der Waals surface area contributed by atoms with Gasteiger partial charge in [-0.2, -0.15) is 0 Å². The minimum atomic E-state index is 1.16. The molecule has 0 unspecified atom stereocenters. The Morgan fingerprint density at radius 1 is 0.773 bits per heavy atom. The molecule has 0 amide bonds. The van der Waals surface area contributed by atoms with Crippen LogP contribution in [0.5, 0.6) is 0 Å². The summed E-state index contributed by atoms with van der Waals surface area (Å²) in [5.74, 6) is 0. The maximum absolute atomic E-state index is 3.51. The number of hydrogen-bond donors (Lipinski definition) is 2. The van der Waals surface area contributed by atoms with Crippen LogP contribution < -0.4 is 0 Å². The Bertz CT molecular complexity index is 931. The van der Waals surface area contributed by atoms with Crippen molar-refractivity contribution in [2.24, 2.45) is 0 Å². The quantitative estimate of drug-likeness (QED) is 0.386. The normalized spacial score (nSPS) is 10.7. The predicted molar refractivity (Wildman–Crippen MR) is 98.5 cm³/mol. The molecule has 2 aromatic heterocycles. The molecule has 22 heavy (non-hydrogen) atoms. The first kappa shape index (κ1) is 14.9. The molecule has 0 aliphatic rings. The highest BCUT2D eigenvalue weighted by molar-refractivity contribution is 9.10. The molecule has 4 aromatic rings. The van der Waals surface area contributed by atoms with Gasteiger partial charge in [0.15, 0.2) is 0 Å². The highest BCUT2D eigenvalue weighted by Gasteiger charge is 2.01. The molecule has 0 aliphatic carbocycles. The van der Waals surface area contributed by atoms with E-state index in [1.54, 1.807) is 0 Å². The Hall–Kier alpha value is -2.00. The van der Waals surface area contributed by atoms with Crippen molar-refractivity contribution in [2.45, 2.75) is 20.8 Å². The van der Waals surface area contributed by atoms with Crippen LogP contribution in [-0.2, 0) is 0 Å². The van der Waals surface area contributed by atoms with E-state index in [1.165, 1.54) is 38.5 Å². The summed E-state index contributed by atoms with van der Waals surface area (Å²) in [5.41, 5.74) is 6.38. The van der Waals surface area contributed by atoms with Crippen molar-refractivity contribution in [3.63, 3.8) is 0 Å². The largest absolute Gasteiger partial charge is 0.361 e. The summed E-state index contributed by atoms with van der Waals surface area (Å²) in [4.78, 5) is 6.45. The number of aryl methyl sites for hydroxylation is 3. The molecule has 0 bridgehead atoms. The number of hydrogen-bond acceptors (Lipinski definition) is 0. The van der Waals surface area contributed by atoms with E-state index in [0.29, 0.717) is 0 Å². The summed E-state index contributed by atoms with van der Waals surface area (Å²) < 4.78 is 1.16. The molecule has 0 spiro atoms. The van der Waals surface area contributed by atoms with Crippen molar-refractivity contribution in [1.29, 1.82) is 0 Å². The molecule has 2 aromatic carbocycles. The summed E-state index contributed by atoms with van der Waals surface area (Å²) in [6.07, 6.45) is 4.08. The van der Waals surface area contributed by atoms with Gasteiger partial charge in [-0.05, 0) is 49.6 Å². The average molecular weight is 355 g/mol. The number of para-hydroxylation sites is 1. The van der Waals surface area contributed by atoms with Gasteiger partial charge in [0.25, 0.3) is 0 Å². The maximum Gasteiger partial charge on any atom is 0.0486 e. The fourth-order valence-electron chi connectivity index (χ4n) is 2.75. The summed E-state index contributed by atoms with van der Waals surface area (Å²) in [6.45, 7) is 6.35. The number of fused-ring (bicyclic) bond motifs is 2. The van der Waals surface area contributed by atoms with Crippen molar-refractivity contribution < 1.29 is 0 Å². The Balaban J connectivity index is 0.000000131. The van der Waals surface area contributed by atoms with Crippen LogP contribution in [0, 0.1) is 20.8 Å². The van der Waals surface area contributed by atoms with Crippen LogP contribution >= 0.6 is 15.9 Å². The van der Waals surface area contributed by atoms with Gasteiger partial charge in [0.2, 0.25) is 0 Å². The molecular formula is C19H19BrN2. The van der Waals surface area contributed by atoms with Gasteiger partial charge < -0.3 is 9.97 Å². The van der Waals surface area contributed by atoms with Crippen LogP contribution in [0.1, 0.15) is 16.7 Å². The topological polar surface area (TPSA) is 31.6 Å². The van der Waals surface area contributed by atoms with E-state index in [-0.39, 0.29) is 0 Å². The molecule has 0 radical (unpaired) electrons. The molecule has 0 saturated heterocycles. The van der Waals surface area contributed by atoms with E-state index >= 15 is 0 Å². The monoisotopic (exact) mass is 354 g/mol. The third-order valence-corrected chi connectivity index (χ3v) is 4.64. The minimum absolute atomic E-state index is 1.16. The fourth-order valence-corrected chi connectivity index (χ4v) is 3.43. The molecule has 0 fully saturated rings. The number of H-pyrrole nitrogens is 2. The predicted octanol–water partition coefficient (Wildman–Crippen LogP) is 6.02. The van der Waals surface area contributed by atoms with E-state index in [2.05, 4.69) is 83.2 Å². The molecule has 0 atom stereocenters. The summed E-state index contributed by atoms with van der Waals surface area (Å²) in [5, 5.41) is 2.62. The fraction of sp³-hybridized carbons (Fsp3) is 0.158. The first-order chi connectivity index (χ1) is 10.6. The van der Waals surface area contributed by atoms with E-state index < -0.39 is 0 Å². The van der Waals surface area contributed by atoms with Crippen LogP contribution in [0.25, 0.3) is 21.8 Å². The number of rotatable bonds is 0. The second-order valence-corrected chi connectivity index (χ2v) is 6.46. The Kier molecular flexibility index (Phi) is 4.08. The van der Waals surface area contributed by atoms with Crippen LogP contribution in [-0.4, -0.2) is 9.97 Å². The number of halogens is 1. The van der Waals surface area contributed by atoms with Crippen LogP contribution in [0.2, 0.25) is 0 Å². The Labute approximate surface area is 138 Å².